The molecule has 32 heavy (non-hydrogen) atoms. The number of hydrogen-bond acceptors (Lipinski definition) is 4. The molecule has 2 N–H and O–H groups in total. The van der Waals surface area contributed by atoms with Gasteiger partial charge in [0.1, 0.15) is 11.6 Å². The van der Waals surface area contributed by atoms with E-state index in [0.29, 0.717) is 12.1 Å². The zero-order valence-corrected chi connectivity index (χ0v) is 21.8. The lowest BCUT2D eigenvalue weighted by molar-refractivity contribution is 0.0368. The summed E-state index contributed by atoms with van der Waals surface area (Å²) in [5.74, 6) is 2.70. The second kappa shape index (κ2) is 12.0. The first-order chi connectivity index (χ1) is 15.2. The first-order valence-electron chi connectivity index (χ1n) is 11.8. The summed E-state index contributed by atoms with van der Waals surface area (Å²) in [6, 6.07) is 4.15. The van der Waals surface area contributed by atoms with E-state index in [1.54, 1.807) is 6.20 Å². The van der Waals surface area contributed by atoms with Gasteiger partial charge in [0, 0.05) is 44.3 Å². The van der Waals surface area contributed by atoms with Gasteiger partial charge in [-0.05, 0) is 57.3 Å². The van der Waals surface area contributed by atoms with Crippen LogP contribution >= 0.6 is 24.0 Å². The summed E-state index contributed by atoms with van der Waals surface area (Å²) in [4.78, 5) is 16.1. The zero-order valence-electron chi connectivity index (χ0n) is 19.5. The van der Waals surface area contributed by atoms with Crippen LogP contribution in [0.2, 0.25) is 0 Å². The number of likely N-dealkylation sites (tertiary alicyclic amines) is 1. The van der Waals surface area contributed by atoms with E-state index in [0.717, 1.165) is 29.7 Å². The van der Waals surface area contributed by atoms with Crippen LogP contribution in [-0.4, -0.2) is 57.6 Å². The molecule has 2 fully saturated rings. The molecule has 4 rings (SSSR count). The molecule has 2 aromatic rings. The Morgan fingerprint density at radius 2 is 1.78 bits per heavy atom. The predicted molar refractivity (Wildman–Crippen MR) is 141 cm³/mol. The summed E-state index contributed by atoms with van der Waals surface area (Å²) in [6.45, 7) is 6.16. The molecular weight excluding hydrogens is 513 g/mol. The number of pyridine rings is 1. The highest BCUT2D eigenvalue weighted by atomic mass is 127. The van der Waals surface area contributed by atoms with Crippen molar-refractivity contribution in [1.29, 1.82) is 0 Å². The van der Waals surface area contributed by atoms with Crippen molar-refractivity contribution in [2.45, 2.75) is 70.4 Å². The number of nitrogens with one attached hydrogen (secondary N) is 2. The molecule has 0 unspecified atom stereocenters. The molecule has 2 aromatic heterocycles. The lowest BCUT2D eigenvalue weighted by Gasteiger charge is -2.48. The SMILES string of the molecule is CN=C(NCc1ccc(-n2ccnc2C)nc1)NCC1(N2CCCCC2)CCCCC1.I. The van der Waals surface area contributed by atoms with Crippen LogP contribution in [0.15, 0.2) is 35.7 Å². The summed E-state index contributed by atoms with van der Waals surface area (Å²) >= 11 is 0. The fourth-order valence-electron chi connectivity index (χ4n) is 5.12. The van der Waals surface area contributed by atoms with Gasteiger partial charge in [0.25, 0.3) is 0 Å². The van der Waals surface area contributed by atoms with Gasteiger partial charge >= 0.3 is 0 Å². The number of rotatable bonds is 6. The summed E-state index contributed by atoms with van der Waals surface area (Å²) in [6.07, 6.45) is 16.4. The van der Waals surface area contributed by atoms with Crippen molar-refractivity contribution in [3.63, 3.8) is 0 Å². The fraction of sp³-hybridized carbons (Fsp3) is 0.625. The molecular formula is C24H38IN7. The number of halogens is 1. The first kappa shape index (κ1) is 25.0. The third kappa shape index (κ3) is 6.01. The molecule has 0 atom stereocenters. The van der Waals surface area contributed by atoms with E-state index in [4.69, 9.17) is 0 Å². The highest BCUT2D eigenvalue weighted by Gasteiger charge is 2.38. The van der Waals surface area contributed by atoms with Crippen molar-refractivity contribution in [1.82, 2.24) is 30.1 Å². The second-order valence-electron chi connectivity index (χ2n) is 8.98. The van der Waals surface area contributed by atoms with Crippen LogP contribution < -0.4 is 10.6 Å². The maximum absolute atomic E-state index is 4.59. The van der Waals surface area contributed by atoms with Gasteiger partial charge in [-0.3, -0.25) is 14.5 Å². The number of imidazole rings is 1. The minimum atomic E-state index is 0. The van der Waals surface area contributed by atoms with Crippen LogP contribution in [0.5, 0.6) is 0 Å². The van der Waals surface area contributed by atoms with Crippen molar-refractivity contribution in [2.75, 3.05) is 26.7 Å². The maximum Gasteiger partial charge on any atom is 0.191 e. The van der Waals surface area contributed by atoms with Gasteiger partial charge in [0.05, 0.1) is 0 Å². The Bertz CT molecular complexity index is 849. The highest BCUT2D eigenvalue weighted by molar-refractivity contribution is 14.0. The third-order valence-corrected chi connectivity index (χ3v) is 6.96. The molecule has 7 nitrogen and oxygen atoms in total. The summed E-state index contributed by atoms with van der Waals surface area (Å²) < 4.78 is 1.99. The Morgan fingerprint density at radius 1 is 1.03 bits per heavy atom. The first-order valence-corrected chi connectivity index (χ1v) is 11.8. The van der Waals surface area contributed by atoms with Gasteiger partial charge in [0.15, 0.2) is 5.96 Å². The molecule has 0 bridgehead atoms. The molecule has 176 valence electrons. The molecule has 0 amide bonds. The lowest BCUT2D eigenvalue weighted by Crippen LogP contribution is -2.59. The zero-order chi connectivity index (χ0) is 21.5. The van der Waals surface area contributed by atoms with E-state index in [-0.39, 0.29) is 24.0 Å². The number of aryl methyl sites for hydroxylation is 1. The average molecular weight is 552 g/mol. The van der Waals surface area contributed by atoms with Crippen molar-refractivity contribution in [2.24, 2.45) is 4.99 Å². The van der Waals surface area contributed by atoms with E-state index in [2.05, 4.69) is 36.6 Å². The largest absolute Gasteiger partial charge is 0.355 e. The molecule has 3 heterocycles. The van der Waals surface area contributed by atoms with E-state index in [1.165, 1.54) is 64.5 Å². The van der Waals surface area contributed by atoms with Crippen molar-refractivity contribution in [3.05, 3.63) is 42.1 Å². The number of piperidine rings is 1. The molecule has 2 aliphatic rings. The van der Waals surface area contributed by atoms with Gasteiger partial charge in [-0.1, -0.05) is 31.7 Å². The normalized spacial score (nSPS) is 19.2. The molecule has 0 radical (unpaired) electrons. The predicted octanol–water partition coefficient (Wildman–Crippen LogP) is 4.05. The highest BCUT2D eigenvalue weighted by Crippen LogP contribution is 2.35. The quantitative estimate of drug-likeness (QED) is 0.322. The monoisotopic (exact) mass is 551 g/mol. The fourth-order valence-corrected chi connectivity index (χ4v) is 5.12. The molecule has 1 aliphatic carbocycles. The Balaban J connectivity index is 0.00000289. The second-order valence-corrected chi connectivity index (χ2v) is 8.98. The van der Waals surface area contributed by atoms with Gasteiger partial charge in [-0.2, -0.15) is 0 Å². The molecule has 1 saturated carbocycles. The van der Waals surface area contributed by atoms with Gasteiger partial charge < -0.3 is 10.6 Å². The maximum atomic E-state index is 4.59. The molecule has 0 spiro atoms. The summed E-state index contributed by atoms with van der Waals surface area (Å²) in [5, 5.41) is 7.13. The summed E-state index contributed by atoms with van der Waals surface area (Å²) in [7, 11) is 1.85. The minimum Gasteiger partial charge on any atom is -0.355 e. The molecule has 1 saturated heterocycles. The van der Waals surface area contributed by atoms with E-state index < -0.39 is 0 Å². The molecule has 8 heteroatoms. The van der Waals surface area contributed by atoms with Crippen LogP contribution in [0.25, 0.3) is 5.82 Å². The number of aromatic nitrogens is 3. The Labute approximate surface area is 209 Å². The van der Waals surface area contributed by atoms with Crippen LogP contribution in [0, 0.1) is 6.92 Å². The van der Waals surface area contributed by atoms with Gasteiger partial charge in [-0.15, -0.1) is 24.0 Å². The Morgan fingerprint density at radius 3 is 2.41 bits per heavy atom. The Hall–Kier alpha value is -1.68. The number of hydrogen-bond donors (Lipinski definition) is 2. The smallest absolute Gasteiger partial charge is 0.191 e. The number of nitrogens with zero attached hydrogens (tertiary/aromatic N) is 5. The van der Waals surface area contributed by atoms with Crippen molar-refractivity contribution in [3.8, 4) is 5.82 Å². The van der Waals surface area contributed by atoms with Crippen LogP contribution in [0.1, 0.15) is 62.8 Å². The average Bonchev–Trinajstić information content (AvgIpc) is 3.26. The number of aliphatic imine (C=N–C) groups is 1. The van der Waals surface area contributed by atoms with Crippen LogP contribution in [0.4, 0.5) is 0 Å². The molecule has 1 aliphatic heterocycles. The standard InChI is InChI=1S/C24H37N7.HI/c1-20-26-13-16-31(20)22-10-9-21(17-27-22)18-28-23(25-2)29-19-24(11-5-3-6-12-24)30-14-7-4-8-15-30;/h9-10,13,16-17H,3-8,11-12,14-15,18-19H2,1-2H3,(H2,25,28,29);1H. The lowest BCUT2D eigenvalue weighted by atomic mass is 9.79. The topological polar surface area (TPSA) is 70.4 Å². The van der Waals surface area contributed by atoms with Gasteiger partial charge in [0.2, 0.25) is 0 Å². The Kier molecular flexibility index (Phi) is 9.34. The summed E-state index contributed by atoms with van der Waals surface area (Å²) in [5.41, 5.74) is 1.43. The van der Waals surface area contributed by atoms with E-state index in [9.17, 15) is 0 Å². The van der Waals surface area contributed by atoms with Crippen molar-refractivity contribution >= 4 is 29.9 Å². The van der Waals surface area contributed by atoms with Crippen LogP contribution in [0.3, 0.4) is 0 Å². The molecule has 0 aromatic carbocycles. The van der Waals surface area contributed by atoms with E-state index in [1.807, 2.05) is 37.0 Å². The minimum absolute atomic E-state index is 0. The van der Waals surface area contributed by atoms with Gasteiger partial charge in [-0.25, -0.2) is 9.97 Å². The third-order valence-electron chi connectivity index (χ3n) is 6.96. The van der Waals surface area contributed by atoms with Crippen molar-refractivity contribution < 1.29 is 0 Å². The number of guanidine groups is 1. The van der Waals surface area contributed by atoms with Crippen LogP contribution in [-0.2, 0) is 6.54 Å². The van der Waals surface area contributed by atoms with E-state index >= 15 is 0 Å².